The standard InChI is InChI=1S/C13H28N2O/c1-4-5-6-7-8-9-10-13(16)15(3)12-11-14-2/h14H,4-12H2,1-3H3. The molecule has 0 rings (SSSR count). The van der Waals surface area contributed by atoms with Gasteiger partial charge in [0.2, 0.25) is 5.91 Å². The number of nitrogens with zero attached hydrogens (tertiary/aromatic N) is 1. The molecule has 0 unspecified atom stereocenters. The molecule has 0 aromatic carbocycles. The molecule has 0 atom stereocenters. The summed E-state index contributed by atoms with van der Waals surface area (Å²) < 4.78 is 0. The Bertz CT molecular complexity index is 171. The second-order valence-electron chi connectivity index (χ2n) is 4.44. The van der Waals surface area contributed by atoms with Crippen LogP contribution in [0.5, 0.6) is 0 Å². The minimum Gasteiger partial charge on any atom is -0.344 e. The summed E-state index contributed by atoms with van der Waals surface area (Å²) in [7, 11) is 3.79. The van der Waals surface area contributed by atoms with Crippen molar-refractivity contribution >= 4 is 5.91 Å². The number of carbonyl (C=O) groups excluding carboxylic acids is 1. The maximum atomic E-state index is 11.6. The molecular weight excluding hydrogens is 200 g/mol. The minimum absolute atomic E-state index is 0.283. The van der Waals surface area contributed by atoms with E-state index in [1.807, 2.05) is 19.0 Å². The van der Waals surface area contributed by atoms with Crippen LogP contribution >= 0.6 is 0 Å². The second kappa shape index (κ2) is 10.9. The lowest BCUT2D eigenvalue weighted by Gasteiger charge is -2.16. The van der Waals surface area contributed by atoms with Gasteiger partial charge in [0.15, 0.2) is 0 Å². The molecule has 0 aliphatic carbocycles. The second-order valence-corrected chi connectivity index (χ2v) is 4.44. The topological polar surface area (TPSA) is 32.3 Å². The van der Waals surface area contributed by atoms with Crippen LogP contribution in [-0.2, 0) is 4.79 Å². The molecule has 16 heavy (non-hydrogen) atoms. The van der Waals surface area contributed by atoms with Crippen molar-refractivity contribution < 1.29 is 4.79 Å². The Morgan fingerprint density at radius 1 is 1.12 bits per heavy atom. The Kier molecular flexibility index (Phi) is 10.5. The van der Waals surface area contributed by atoms with E-state index < -0.39 is 0 Å². The predicted molar refractivity (Wildman–Crippen MR) is 69.6 cm³/mol. The Balaban J connectivity index is 3.35. The third-order valence-electron chi connectivity index (χ3n) is 2.87. The first kappa shape index (κ1) is 15.4. The highest BCUT2D eigenvalue weighted by Crippen LogP contribution is 2.07. The van der Waals surface area contributed by atoms with E-state index in [9.17, 15) is 4.79 Å². The summed E-state index contributed by atoms with van der Waals surface area (Å²) in [6.45, 7) is 3.91. The van der Waals surface area contributed by atoms with Gasteiger partial charge in [0, 0.05) is 26.6 Å². The highest BCUT2D eigenvalue weighted by atomic mass is 16.2. The van der Waals surface area contributed by atoms with Gasteiger partial charge in [-0.1, -0.05) is 39.0 Å². The van der Waals surface area contributed by atoms with Gasteiger partial charge in [-0.3, -0.25) is 4.79 Å². The molecular formula is C13H28N2O. The van der Waals surface area contributed by atoms with E-state index in [-0.39, 0.29) is 5.91 Å². The minimum atomic E-state index is 0.283. The maximum absolute atomic E-state index is 11.6. The van der Waals surface area contributed by atoms with Crippen LogP contribution in [-0.4, -0.2) is 38.0 Å². The van der Waals surface area contributed by atoms with Crippen molar-refractivity contribution in [1.82, 2.24) is 10.2 Å². The van der Waals surface area contributed by atoms with Crippen LogP contribution in [0.4, 0.5) is 0 Å². The van der Waals surface area contributed by atoms with Crippen LogP contribution in [0.2, 0.25) is 0 Å². The molecule has 0 aromatic heterocycles. The Morgan fingerprint density at radius 3 is 2.38 bits per heavy atom. The van der Waals surface area contributed by atoms with Crippen molar-refractivity contribution in [2.75, 3.05) is 27.2 Å². The zero-order valence-corrected chi connectivity index (χ0v) is 11.2. The molecule has 0 aliphatic heterocycles. The quantitative estimate of drug-likeness (QED) is 0.582. The smallest absolute Gasteiger partial charge is 0.222 e. The average Bonchev–Trinajstić information content (AvgIpc) is 2.30. The molecule has 0 saturated heterocycles. The SMILES string of the molecule is CCCCCCCCC(=O)N(C)CCNC. The number of nitrogens with one attached hydrogen (secondary N) is 1. The Labute approximate surface area is 101 Å². The number of hydrogen-bond donors (Lipinski definition) is 1. The van der Waals surface area contributed by atoms with Crippen molar-refractivity contribution in [2.45, 2.75) is 51.9 Å². The third-order valence-corrected chi connectivity index (χ3v) is 2.87. The molecule has 1 N–H and O–H groups in total. The lowest BCUT2D eigenvalue weighted by molar-refractivity contribution is -0.129. The van der Waals surface area contributed by atoms with E-state index in [1.54, 1.807) is 0 Å². The maximum Gasteiger partial charge on any atom is 0.222 e. The molecule has 3 nitrogen and oxygen atoms in total. The van der Waals surface area contributed by atoms with Crippen molar-refractivity contribution in [3.63, 3.8) is 0 Å². The van der Waals surface area contributed by atoms with E-state index >= 15 is 0 Å². The third kappa shape index (κ3) is 8.72. The lowest BCUT2D eigenvalue weighted by atomic mass is 10.1. The summed E-state index contributed by atoms with van der Waals surface area (Å²) in [5, 5.41) is 3.05. The molecule has 0 saturated carbocycles. The van der Waals surface area contributed by atoms with Gasteiger partial charge in [-0.15, -0.1) is 0 Å². The fourth-order valence-electron chi connectivity index (χ4n) is 1.65. The molecule has 0 aliphatic rings. The van der Waals surface area contributed by atoms with Crippen LogP contribution in [0.3, 0.4) is 0 Å². The molecule has 0 fully saturated rings. The molecule has 0 radical (unpaired) electrons. The highest BCUT2D eigenvalue weighted by Gasteiger charge is 2.06. The monoisotopic (exact) mass is 228 g/mol. The van der Waals surface area contributed by atoms with Gasteiger partial charge >= 0.3 is 0 Å². The van der Waals surface area contributed by atoms with Crippen molar-refractivity contribution in [1.29, 1.82) is 0 Å². The summed E-state index contributed by atoms with van der Waals surface area (Å²) >= 11 is 0. The fourth-order valence-corrected chi connectivity index (χ4v) is 1.65. The van der Waals surface area contributed by atoms with Gasteiger partial charge in [-0.25, -0.2) is 0 Å². The summed E-state index contributed by atoms with van der Waals surface area (Å²) in [6, 6.07) is 0. The Hall–Kier alpha value is -0.570. The van der Waals surface area contributed by atoms with E-state index in [2.05, 4.69) is 12.2 Å². The van der Waals surface area contributed by atoms with Crippen LogP contribution in [0, 0.1) is 0 Å². The van der Waals surface area contributed by atoms with Gasteiger partial charge in [0.25, 0.3) is 0 Å². The molecule has 0 heterocycles. The first-order chi connectivity index (χ1) is 7.72. The molecule has 1 amide bonds. The van der Waals surface area contributed by atoms with Crippen LogP contribution < -0.4 is 5.32 Å². The molecule has 0 spiro atoms. The lowest BCUT2D eigenvalue weighted by Crippen LogP contribution is -2.32. The normalized spacial score (nSPS) is 10.4. The first-order valence-corrected chi connectivity index (χ1v) is 6.61. The van der Waals surface area contributed by atoms with Crippen LogP contribution in [0.1, 0.15) is 51.9 Å². The summed E-state index contributed by atoms with van der Waals surface area (Å²) in [4.78, 5) is 13.5. The van der Waals surface area contributed by atoms with Gasteiger partial charge in [0.05, 0.1) is 0 Å². The van der Waals surface area contributed by atoms with Crippen molar-refractivity contribution in [3.8, 4) is 0 Å². The predicted octanol–water partition coefficient (Wildman–Crippen LogP) is 2.41. The highest BCUT2D eigenvalue weighted by molar-refractivity contribution is 5.75. The van der Waals surface area contributed by atoms with Crippen LogP contribution in [0.15, 0.2) is 0 Å². The zero-order chi connectivity index (χ0) is 12.2. The number of hydrogen-bond acceptors (Lipinski definition) is 2. The van der Waals surface area contributed by atoms with Gasteiger partial charge < -0.3 is 10.2 Å². The number of rotatable bonds is 10. The summed E-state index contributed by atoms with van der Waals surface area (Å²) in [5.74, 6) is 0.283. The van der Waals surface area contributed by atoms with Gasteiger partial charge in [0.1, 0.15) is 0 Å². The van der Waals surface area contributed by atoms with Crippen molar-refractivity contribution in [3.05, 3.63) is 0 Å². The van der Waals surface area contributed by atoms with Crippen molar-refractivity contribution in [2.24, 2.45) is 0 Å². The van der Waals surface area contributed by atoms with E-state index in [0.717, 1.165) is 19.5 Å². The molecule has 96 valence electrons. The summed E-state index contributed by atoms with van der Waals surface area (Å²) in [6.07, 6.45) is 8.17. The van der Waals surface area contributed by atoms with Crippen LogP contribution in [0.25, 0.3) is 0 Å². The number of likely N-dealkylation sites (N-methyl/N-ethyl adjacent to an activating group) is 2. The largest absolute Gasteiger partial charge is 0.344 e. The molecule has 3 heteroatoms. The van der Waals surface area contributed by atoms with E-state index in [4.69, 9.17) is 0 Å². The fraction of sp³-hybridized carbons (Fsp3) is 0.923. The van der Waals surface area contributed by atoms with E-state index in [1.165, 1.54) is 32.1 Å². The number of carbonyl (C=O) groups is 1. The zero-order valence-electron chi connectivity index (χ0n) is 11.2. The average molecular weight is 228 g/mol. The Morgan fingerprint density at radius 2 is 1.75 bits per heavy atom. The number of amides is 1. The number of unbranched alkanes of at least 4 members (excludes halogenated alkanes) is 5. The van der Waals surface area contributed by atoms with Gasteiger partial charge in [-0.05, 0) is 13.5 Å². The first-order valence-electron chi connectivity index (χ1n) is 6.61. The molecule has 0 bridgehead atoms. The summed E-state index contributed by atoms with van der Waals surface area (Å²) in [5.41, 5.74) is 0. The molecule has 0 aromatic rings. The van der Waals surface area contributed by atoms with Gasteiger partial charge in [-0.2, -0.15) is 0 Å². The van der Waals surface area contributed by atoms with E-state index in [0.29, 0.717) is 6.42 Å².